The van der Waals surface area contributed by atoms with Gasteiger partial charge in [0.05, 0.1) is 5.69 Å². The van der Waals surface area contributed by atoms with Gasteiger partial charge in [0.25, 0.3) is 0 Å². The zero-order valence-corrected chi connectivity index (χ0v) is 11.4. The first-order chi connectivity index (χ1) is 9.35. The van der Waals surface area contributed by atoms with Crippen LogP contribution in [0.15, 0.2) is 23.6 Å². The largest absolute Gasteiger partial charge is 0.486 e. The number of benzene rings is 1. The van der Waals surface area contributed by atoms with Crippen LogP contribution in [0, 0.1) is 0 Å². The summed E-state index contributed by atoms with van der Waals surface area (Å²) in [6.45, 7) is 0.837. The summed E-state index contributed by atoms with van der Waals surface area (Å²) in [5.74, 6) is 5.94. The van der Waals surface area contributed by atoms with Gasteiger partial charge in [0, 0.05) is 5.38 Å². The Kier molecular flexibility index (Phi) is 3.77. The third-order valence-corrected chi connectivity index (χ3v) is 4.13. The van der Waals surface area contributed by atoms with Crippen molar-refractivity contribution in [3.8, 4) is 5.75 Å². The fourth-order valence-electron chi connectivity index (χ4n) is 2.35. The summed E-state index contributed by atoms with van der Waals surface area (Å²) in [4.78, 5) is 8.93. The van der Waals surface area contributed by atoms with E-state index in [1.54, 1.807) is 11.3 Å². The maximum Gasteiger partial charge on any atom is 0.140 e. The molecule has 4 nitrogen and oxygen atoms in total. The van der Waals surface area contributed by atoms with Crippen molar-refractivity contribution in [2.24, 2.45) is 5.90 Å². The van der Waals surface area contributed by atoms with Gasteiger partial charge in [0.2, 0.25) is 0 Å². The number of hydrogen-bond donors (Lipinski definition) is 1. The maximum atomic E-state index is 5.78. The van der Waals surface area contributed by atoms with Gasteiger partial charge in [-0.1, -0.05) is 6.07 Å². The van der Waals surface area contributed by atoms with Gasteiger partial charge in [-0.3, -0.25) is 4.84 Å². The van der Waals surface area contributed by atoms with Crippen molar-refractivity contribution in [3.63, 3.8) is 0 Å². The number of aromatic nitrogens is 1. The van der Waals surface area contributed by atoms with Gasteiger partial charge in [0.15, 0.2) is 0 Å². The zero-order valence-electron chi connectivity index (χ0n) is 10.6. The highest BCUT2D eigenvalue weighted by atomic mass is 32.1. The number of fused-ring (bicyclic) bond motifs is 1. The molecule has 0 unspecified atom stereocenters. The summed E-state index contributed by atoms with van der Waals surface area (Å²) in [5, 5.41) is 2.88. The van der Waals surface area contributed by atoms with Gasteiger partial charge in [-0.2, -0.15) is 0 Å². The lowest BCUT2D eigenvalue weighted by Gasteiger charge is -2.06. The van der Waals surface area contributed by atoms with Crippen molar-refractivity contribution in [2.75, 3.05) is 0 Å². The second kappa shape index (κ2) is 5.69. The fraction of sp³-hybridized carbons (Fsp3) is 0.357. The highest BCUT2D eigenvalue weighted by Gasteiger charge is 2.11. The van der Waals surface area contributed by atoms with Crippen molar-refractivity contribution in [3.05, 3.63) is 45.4 Å². The first kappa shape index (κ1) is 12.6. The Morgan fingerprint density at radius 3 is 3.00 bits per heavy atom. The molecule has 0 radical (unpaired) electrons. The first-order valence-electron chi connectivity index (χ1n) is 6.35. The van der Waals surface area contributed by atoms with Crippen LogP contribution in [-0.2, 0) is 30.9 Å². The SMILES string of the molecule is NOCc1csc(COc2ccc3c(c2)CCC3)n1. The van der Waals surface area contributed by atoms with E-state index >= 15 is 0 Å². The summed E-state index contributed by atoms with van der Waals surface area (Å²) in [6, 6.07) is 6.37. The Bertz CT molecular complexity index is 568. The van der Waals surface area contributed by atoms with Gasteiger partial charge in [-0.15, -0.1) is 11.3 Å². The molecule has 0 aliphatic heterocycles. The predicted molar refractivity (Wildman–Crippen MR) is 73.9 cm³/mol. The molecule has 1 aliphatic carbocycles. The van der Waals surface area contributed by atoms with Crippen LogP contribution in [0.2, 0.25) is 0 Å². The van der Waals surface area contributed by atoms with Crippen LogP contribution >= 0.6 is 11.3 Å². The lowest BCUT2D eigenvalue weighted by atomic mass is 10.1. The summed E-state index contributed by atoms with van der Waals surface area (Å²) >= 11 is 1.56. The Morgan fingerprint density at radius 1 is 1.21 bits per heavy atom. The Hall–Kier alpha value is -1.43. The molecule has 0 saturated carbocycles. The Balaban J connectivity index is 1.62. The van der Waals surface area contributed by atoms with E-state index in [2.05, 4.69) is 22.0 Å². The number of hydrogen-bond acceptors (Lipinski definition) is 5. The van der Waals surface area contributed by atoms with E-state index in [4.69, 9.17) is 10.6 Å². The summed E-state index contributed by atoms with van der Waals surface area (Å²) < 4.78 is 5.78. The second-order valence-electron chi connectivity index (χ2n) is 4.62. The van der Waals surface area contributed by atoms with Gasteiger partial charge >= 0.3 is 0 Å². The molecule has 0 atom stereocenters. The molecule has 5 heteroatoms. The van der Waals surface area contributed by atoms with Crippen molar-refractivity contribution in [1.82, 2.24) is 4.98 Å². The van der Waals surface area contributed by atoms with Crippen molar-refractivity contribution >= 4 is 11.3 Å². The molecule has 1 heterocycles. The lowest BCUT2D eigenvalue weighted by molar-refractivity contribution is 0.121. The number of thiazole rings is 1. The summed E-state index contributed by atoms with van der Waals surface area (Å²) in [7, 11) is 0. The molecular formula is C14H16N2O2S. The van der Waals surface area contributed by atoms with E-state index in [1.165, 1.54) is 30.4 Å². The lowest BCUT2D eigenvalue weighted by Crippen LogP contribution is -2.00. The van der Waals surface area contributed by atoms with Gasteiger partial charge in [-0.25, -0.2) is 10.9 Å². The minimum atomic E-state index is 0.343. The Labute approximate surface area is 116 Å². The van der Waals surface area contributed by atoms with Crippen LogP contribution in [-0.4, -0.2) is 4.98 Å². The van der Waals surface area contributed by atoms with E-state index in [0.29, 0.717) is 13.2 Å². The third-order valence-electron chi connectivity index (χ3n) is 3.26. The normalized spacial score (nSPS) is 13.5. The van der Waals surface area contributed by atoms with E-state index in [1.807, 2.05) is 11.4 Å². The minimum Gasteiger partial charge on any atom is -0.486 e. The highest BCUT2D eigenvalue weighted by molar-refractivity contribution is 7.09. The molecule has 100 valence electrons. The predicted octanol–water partition coefficient (Wildman–Crippen LogP) is 2.60. The smallest absolute Gasteiger partial charge is 0.140 e. The minimum absolute atomic E-state index is 0.343. The quantitative estimate of drug-likeness (QED) is 0.853. The van der Waals surface area contributed by atoms with Gasteiger partial charge in [-0.05, 0) is 42.5 Å². The molecule has 2 aromatic rings. The molecule has 1 aliphatic rings. The standard InChI is InChI=1S/C14H16N2O2S/c15-18-7-12-9-19-14(16-12)8-17-13-5-4-10-2-1-3-11(10)6-13/h4-6,9H,1-3,7-8,15H2. The first-order valence-corrected chi connectivity index (χ1v) is 7.22. The molecule has 1 aromatic heterocycles. The highest BCUT2D eigenvalue weighted by Crippen LogP contribution is 2.26. The maximum absolute atomic E-state index is 5.78. The molecule has 19 heavy (non-hydrogen) atoms. The average molecular weight is 276 g/mol. The van der Waals surface area contributed by atoms with E-state index in [-0.39, 0.29) is 0 Å². The third kappa shape index (κ3) is 2.94. The number of rotatable bonds is 5. The number of aryl methyl sites for hydroxylation is 2. The zero-order chi connectivity index (χ0) is 13.1. The second-order valence-corrected chi connectivity index (χ2v) is 5.56. The fourth-order valence-corrected chi connectivity index (χ4v) is 3.04. The summed E-state index contributed by atoms with van der Waals surface area (Å²) in [5.41, 5.74) is 3.73. The summed E-state index contributed by atoms with van der Waals surface area (Å²) in [6.07, 6.45) is 3.63. The van der Waals surface area contributed by atoms with Crippen molar-refractivity contribution < 1.29 is 9.57 Å². The van der Waals surface area contributed by atoms with Crippen LogP contribution in [0.25, 0.3) is 0 Å². The van der Waals surface area contributed by atoms with Crippen molar-refractivity contribution in [2.45, 2.75) is 32.5 Å². The number of ether oxygens (including phenoxy) is 1. The van der Waals surface area contributed by atoms with E-state index in [0.717, 1.165) is 16.5 Å². The average Bonchev–Trinajstić information content (AvgIpc) is 3.04. The number of nitrogens with two attached hydrogens (primary N) is 1. The molecule has 0 saturated heterocycles. The molecular weight excluding hydrogens is 260 g/mol. The molecule has 0 fully saturated rings. The molecule has 0 amide bonds. The van der Waals surface area contributed by atoms with Gasteiger partial charge in [0.1, 0.15) is 24.0 Å². The van der Waals surface area contributed by atoms with Gasteiger partial charge < -0.3 is 4.74 Å². The topological polar surface area (TPSA) is 57.4 Å². The Morgan fingerprint density at radius 2 is 2.11 bits per heavy atom. The number of nitrogens with zero attached hydrogens (tertiary/aromatic N) is 1. The van der Waals surface area contributed by atoms with Crippen LogP contribution in [0.5, 0.6) is 5.75 Å². The monoisotopic (exact) mass is 276 g/mol. The molecule has 0 spiro atoms. The molecule has 1 aromatic carbocycles. The molecule has 0 bridgehead atoms. The van der Waals surface area contributed by atoms with Crippen molar-refractivity contribution in [1.29, 1.82) is 0 Å². The molecule has 3 rings (SSSR count). The van der Waals surface area contributed by atoms with Crippen LogP contribution in [0.4, 0.5) is 0 Å². The van der Waals surface area contributed by atoms with E-state index < -0.39 is 0 Å². The van der Waals surface area contributed by atoms with Crippen LogP contribution < -0.4 is 10.6 Å². The van der Waals surface area contributed by atoms with Crippen LogP contribution in [0.1, 0.15) is 28.2 Å². The van der Waals surface area contributed by atoms with E-state index in [9.17, 15) is 0 Å². The van der Waals surface area contributed by atoms with Crippen LogP contribution in [0.3, 0.4) is 0 Å². The molecule has 2 N–H and O–H groups in total.